The Balaban J connectivity index is 1.47. The highest BCUT2D eigenvalue weighted by Crippen LogP contribution is 2.41. The average molecular weight is 437 g/mol. The van der Waals surface area contributed by atoms with Crippen LogP contribution in [0.25, 0.3) is 29.9 Å². The average Bonchev–Trinajstić information content (AvgIpc) is 3.49. The van der Waals surface area contributed by atoms with Crippen LogP contribution in [0.1, 0.15) is 50.0 Å². The van der Waals surface area contributed by atoms with Crippen molar-refractivity contribution < 1.29 is 0 Å². The Morgan fingerprint density at radius 1 is 0.517 bits per heavy atom. The van der Waals surface area contributed by atoms with Crippen molar-refractivity contribution >= 4 is 34.0 Å². The van der Waals surface area contributed by atoms with Gasteiger partial charge in [-0.05, 0) is 66.8 Å². The van der Waals surface area contributed by atoms with Crippen LogP contribution >= 0.6 is 34.0 Å². The van der Waals surface area contributed by atoms with Crippen molar-refractivity contribution in [3.8, 4) is 29.9 Å². The molecule has 3 heterocycles. The molecule has 29 heavy (non-hydrogen) atoms. The Hall–Kier alpha value is -1.68. The first kappa shape index (κ1) is 20.6. The largest absolute Gasteiger partial charge is 0.139 e. The number of aryl methyl sites for hydroxylation is 2. The summed E-state index contributed by atoms with van der Waals surface area (Å²) in [4.78, 5) is 8.38. The SMILES string of the molecule is CCCCCc1ccc(-c2ccc(-c3ccc(-c4ccc(CCC)s4)s3)s2)cc1. The number of hydrogen-bond acceptors (Lipinski definition) is 3. The lowest BCUT2D eigenvalue weighted by Gasteiger charge is -2.02. The predicted octanol–water partition coefficient (Wildman–Crippen LogP) is 9.56. The number of hydrogen-bond donors (Lipinski definition) is 0. The van der Waals surface area contributed by atoms with E-state index in [1.165, 1.54) is 78.9 Å². The van der Waals surface area contributed by atoms with Crippen LogP contribution in [-0.2, 0) is 12.8 Å². The van der Waals surface area contributed by atoms with Crippen LogP contribution in [0.3, 0.4) is 0 Å². The summed E-state index contributed by atoms with van der Waals surface area (Å²) in [5.74, 6) is 0. The zero-order valence-electron chi connectivity index (χ0n) is 17.2. The topological polar surface area (TPSA) is 0 Å². The van der Waals surface area contributed by atoms with E-state index in [0.29, 0.717) is 0 Å². The minimum atomic E-state index is 1.19. The van der Waals surface area contributed by atoms with E-state index in [1.54, 1.807) is 0 Å². The highest BCUT2D eigenvalue weighted by Gasteiger charge is 2.10. The Labute approximate surface area is 186 Å². The van der Waals surface area contributed by atoms with Gasteiger partial charge in [0.15, 0.2) is 0 Å². The third-order valence-electron chi connectivity index (χ3n) is 5.16. The molecular formula is C26H28S3. The maximum absolute atomic E-state index is 2.30. The Bertz CT molecular complexity index is 1030. The molecule has 0 atom stereocenters. The van der Waals surface area contributed by atoms with E-state index >= 15 is 0 Å². The molecule has 0 saturated carbocycles. The number of benzene rings is 1. The molecule has 0 amide bonds. The van der Waals surface area contributed by atoms with Crippen LogP contribution in [0.2, 0.25) is 0 Å². The maximum atomic E-state index is 2.30. The van der Waals surface area contributed by atoms with Crippen molar-refractivity contribution in [2.45, 2.75) is 52.4 Å². The lowest BCUT2D eigenvalue weighted by atomic mass is 10.0. The molecule has 0 fully saturated rings. The van der Waals surface area contributed by atoms with Gasteiger partial charge in [-0.2, -0.15) is 0 Å². The third-order valence-corrected chi connectivity index (χ3v) is 8.92. The van der Waals surface area contributed by atoms with Gasteiger partial charge in [0.2, 0.25) is 0 Å². The zero-order chi connectivity index (χ0) is 20.1. The van der Waals surface area contributed by atoms with Gasteiger partial charge in [0.05, 0.1) is 0 Å². The summed E-state index contributed by atoms with van der Waals surface area (Å²) in [7, 11) is 0. The summed E-state index contributed by atoms with van der Waals surface area (Å²) in [6.07, 6.45) is 7.51. The summed E-state index contributed by atoms with van der Waals surface area (Å²) < 4.78 is 0. The highest BCUT2D eigenvalue weighted by molar-refractivity contribution is 7.27. The molecule has 0 aliphatic rings. The van der Waals surface area contributed by atoms with E-state index in [2.05, 4.69) is 74.5 Å². The van der Waals surface area contributed by atoms with Crippen molar-refractivity contribution in [2.24, 2.45) is 0 Å². The van der Waals surface area contributed by atoms with Gasteiger partial charge in [-0.3, -0.25) is 0 Å². The van der Waals surface area contributed by atoms with Gasteiger partial charge in [-0.15, -0.1) is 34.0 Å². The third kappa shape index (κ3) is 5.09. The van der Waals surface area contributed by atoms with Crippen LogP contribution < -0.4 is 0 Å². The molecule has 0 bridgehead atoms. The Kier molecular flexibility index (Phi) is 7.02. The highest BCUT2D eigenvalue weighted by atomic mass is 32.1. The van der Waals surface area contributed by atoms with E-state index < -0.39 is 0 Å². The summed E-state index contributed by atoms with van der Waals surface area (Å²) in [6.45, 7) is 4.51. The first-order chi connectivity index (χ1) is 14.3. The fraction of sp³-hybridized carbons (Fsp3) is 0.308. The molecule has 0 unspecified atom stereocenters. The van der Waals surface area contributed by atoms with Crippen molar-refractivity contribution in [3.63, 3.8) is 0 Å². The van der Waals surface area contributed by atoms with Crippen LogP contribution in [0.4, 0.5) is 0 Å². The standard InChI is InChI=1S/C26H28S3/c1-3-5-6-8-19-9-11-20(12-10-19)22-15-16-25(28-22)26-18-17-24(29-26)23-14-13-21(27-23)7-4-2/h9-18H,3-8H2,1-2H3. The van der Waals surface area contributed by atoms with E-state index in [9.17, 15) is 0 Å². The summed E-state index contributed by atoms with van der Waals surface area (Å²) in [5.41, 5.74) is 2.79. The van der Waals surface area contributed by atoms with Crippen molar-refractivity contribution in [1.82, 2.24) is 0 Å². The molecule has 1 aromatic carbocycles. The van der Waals surface area contributed by atoms with E-state index in [-0.39, 0.29) is 0 Å². The first-order valence-corrected chi connectivity index (χ1v) is 13.1. The van der Waals surface area contributed by atoms with Gasteiger partial charge in [-0.1, -0.05) is 57.4 Å². The second-order valence-electron chi connectivity index (χ2n) is 7.50. The van der Waals surface area contributed by atoms with Crippen LogP contribution in [0.5, 0.6) is 0 Å². The summed E-state index contributed by atoms with van der Waals surface area (Å²) in [6, 6.07) is 22.9. The fourth-order valence-corrected chi connectivity index (χ4v) is 6.84. The molecule has 0 aliphatic carbocycles. The lowest BCUT2D eigenvalue weighted by Crippen LogP contribution is -1.85. The van der Waals surface area contributed by atoms with Gasteiger partial charge in [0, 0.05) is 29.3 Å². The van der Waals surface area contributed by atoms with Gasteiger partial charge in [0.25, 0.3) is 0 Å². The fourth-order valence-electron chi connectivity index (χ4n) is 3.53. The molecular weight excluding hydrogens is 408 g/mol. The van der Waals surface area contributed by atoms with Crippen LogP contribution in [0, 0.1) is 0 Å². The van der Waals surface area contributed by atoms with E-state index in [0.717, 1.165) is 0 Å². The second-order valence-corrected chi connectivity index (χ2v) is 10.8. The minimum absolute atomic E-state index is 1.19. The first-order valence-electron chi connectivity index (χ1n) is 10.6. The molecule has 3 aromatic heterocycles. The number of unbranched alkanes of at least 4 members (excludes halogenated alkanes) is 2. The molecule has 0 aliphatic heterocycles. The minimum Gasteiger partial charge on any atom is -0.139 e. The number of rotatable bonds is 9. The van der Waals surface area contributed by atoms with Gasteiger partial charge in [-0.25, -0.2) is 0 Å². The molecule has 4 rings (SSSR count). The quantitative estimate of drug-likeness (QED) is 0.229. The van der Waals surface area contributed by atoms with Crippen molar-refractivity contribution in [2.75, 3.05) is 0 Å². The van der Waals surface area contributed by atoms with Crippen LogP contribution in [0.15, 0.2) is 60.7 Å². The molecule has 0 spiro atoms. The van der Waals surface area contributed by atoms with Gasteiger partial charge < -0.3 is 0 Å². The molecule has 3 heteroatoms. The van der Waals surface area contributed by atoms with Gasteiger partial charge in [0.1, 0.15) is 0 Å². The predicted molar refractivity (Wildman–Crippen MR) is 134 cm³/mol. The maximum Gasteiger partial charge on any atom is 0.0449 e. The smallest absolute Gasteiger partial charge is 0.0449 e. The van der Waals surface area contributed by atoms with Crippen LogP contribution in [-0.4, -0.2) is 0 Å². The van der Waals surface area contributed by atoms with Gasteiger partial charge >= 0.3 is 0 Å². The van der Waals surface area contributed by atoms with E-state index in [4.69, 9.17) is 0 Å². The zero-order valence-corrected chi connectivity index (χ0v) is 19.7. The molecule has 0 saturated heterocycles. The monoisotopic (exact) mass is 436 g/mol. The molecule has 150 valence electrons. The molecule has 4 aromatic rings. The summed E-state index contributed by atoms with van der Waals surface area (Å²) >= 11 is 5.76. The lowest BCUT2D eigenvalue weighted by molar-refractivity contribution is 0.717. The molecule has 0 N–H and O–H groups in total. The Morgan fingerprint density at radius 3 is 1.76 bits per heavy atom. The van der Waals surface area contributed by atoms with E-state index in [1.807, 2.05) is 34.0 Å². The molecule has 0 radical (unpaired) electrons. The molecule has 0 nitrogen and oxygen atoms in total. The van der Waals surface area contributed by atoms with Crippen molar-refractivity contribution in [1.29, 1.82) is 0 Å². The second kappa shape index (κ2) is 9.88. The Morgan fingerprint density at radius 2 is 1.10 bits per heavy atom. The normalized spacial score (nSPS) is 11.2. The van der Waals surface area contributed by atoms with Crippen molar-refractivity contribution in [3.05, 3.63) is 71.1 Å². The summed E-state index contributed by atoms with van der Waals surface area (Å²) in [5, 5.41) is 0. The number of thiophene rings is 3.